The summed E-state index contributed by atoms with van der Waals surface area (Å²) in [4.78, 5) is 11.5. The van der Waals surface area contributed by atoms with E-state index < -0.39 is 0 Å². The van der Waals surface area contributed by atoms with Gasteiger partial charge in [-0.05, 0) is 29.5 Å². The number of anilines is 1. The molecule has 1 aromatic rings. The normalized spacial score (nSPS) is 10.7. The van der Waals surface area contributed by atoms with E-state index in [0.29, 0.717) is 18.4 Å². The van der Waals surface area contributed by atoms with Gasteiger partial charge in [0.2, 0.25) is 0 Å². The highest BCUT2D eigenvalue weighted by atomic mass is 16.5. The molecule has 3 heteroatoms. The lowest BCUT2D eigenvalue weighted by Crippen LogP contribution is -2.16. The zero-order chi connectivity index (χ0) is 12.8. The molecule has 0 heterocycles. The molecule has 0 aliphatic rings. The molecule has 0 saturated carbocycles. The molecule has 0 saturated heterocycles. The first-order chi connectivity index (χ1) is 7.99. The topological polar surface area (TPSA) is 38.3 Å². The molecule has 0 aliphatic heterocycles. The Kier molecular flexibility index (Phi) is 5.01. The van der Waals surface area contributed by atoms with E-state index in [1.807, 2.05) is 32.0 Å². The Morgan fingerprint density at radius 1 is 1.29 bits per heavy atom. The quantitative estimate of drug-likeness (QED) is 0.856. The van der Waals surface area contributed by atoms with E-state index in [1.165, 1.54) is 5.56 Å². The van der Waals surface area contributed by atoms with Crippen molar-refractivity contribution >= 4 is 11.8 Å². The monoisotopic (exact) mass is 235 g/mol. The lowest BCUT2D eigenvalue weighted by atomic mass is 10.0. The fourth-order valence-corrected chi connectivity index (χ4v) is 1.37. The molecule has 0 fully saturated rings. The van der Waals surface area contributed by atoms with E-state index in [1.54, 1.807) is 0 Å². The molecule has 0 radical (unpaired) electrons. The van der Waals surface area contributed by atoms with Crippen LogP contribution >= 0.6 is 0 Å². The number of hydrogen-bond donors (Lipinski definition) is 1. The Morgan fingerprint density at radius 2 is 2.00 bits per heavy atom. The second kappa shape index (κ2) is 6.28. The molecule has 3 nitrogen and oxygen atoms in total. The fourth-order valence-electron chi connectivity index (χ4n) is 1.37. The van der Waals surface area contributed by atoms with Crippen LogP contribution < -0.4 is 5.32 Å². The first kappa shape index (κ1) is 13.6. The van der Waals surface area contributed by atoms with Gasteiger partial charge in [0, 0.05) is 5.69 Å². The van der Waals surface area contributed by atoms with Gasteiger partial charge in [0.25, 0.3) is 0 Å². The Balaban J connectivity index is 2.56. The number of hydrogen-bond acceptors (Lipinski definition) is 2. The predicted molar refractivity (Wildman–Crippen MR) is 70.3 cm³/mol. The zero-order valence-corrected chi connectivity index (χ0v) is 11.0. The minimum atomic E-state index is -0.389. The molecule has 1 aromatic carbocycles. The smallest absolute Gasteiger partial charge is 0.411 e. The zero-order valence-electron chi connectivity index (χ0n) is 11.0. The van der Waals surface area contributed by atoms with Gasteiger partial charge in [-0.3, -0.25) is 5.32 Å². The molecule has 1 N–H and O–H groups in total. The van der Waals surface area contributed by atoms with E-state index in [4.69, 9.17) is 4.74 Å². The van der Waals surface area contributed by atoms with Gasteiger partial charge in [-0.15, -0.1) is 0 Å². The molecule has 0 atom stereocenters. The number of amides is 1. The van der Waals surface area contributed by atoms with Gasteiger partial charge in [0.1, 0.15) is 0 Å². The average Bonchev–Trinajstić information content (AvgIpc) is 2.26. The highest BCUT2D eigenvalue weighted by molar-refractivity contribution is 5.84. The molecular weight excluding hydrogens is 214 g/mol. The first-order valence-electron chi connectivity index (χ1n) is 6.02. The standard InChI is InChI=1S/C14H21NO2/c1-10(2)9-17-14(16)15-13-7-5-6-12(8-13)11(3)4/h5-8,10-11H,9H2,1-4H3,(H,15,16). The maximum Gasteiger partial charge on any atom is 0.411 e. The largest absolute Gasteiger partial charge is 0.449 e. The van der Waals surface area contributed by atoms with Crippen molar-refractivity contribution in [1.82, 2.24) is 0 Å². The van der Waals surface area contributed by atoms with Crippen molar-refractivity contribution in [3.8, 4) is 0 Å². The van der Waals surface area contributed by atoms with Gasteiger partial charge in [-0.1, -0.05) is 39.8 Å². The van der Waals surface area contributed by atoms with Crippen LogP contribution in [0.2, 0.25) is 0 Å². The molecule has 1 rings (SSSR count). The van der Waals surface area contributed by atoms with Crippen LogP contribution in [-0.4, -0.2) is 12.7 Å². The number of benzene rings is 1. The molecule has 1 amide bonds. The van der Waals surface area contributed by atoms with Crippen molar-refractivity contribution in [3.05, 3.63) is 29.8 Å². The number of carbonyl (C=O) groups excluding carboxylic acids is 1. The SMILES string of the molecule is CC(C)COC(=O)Nc1cccc(C(C)C)c1. The summed E-state index contributed by atoms with van der Waals surface area (Å²) in [6.07, 6.45) is -0.389. The van der Waals surface area contributed by atoms with Crippen molar-refractivity contribution in [1.29, 1.82) is 0 Å². The summed E-state index contributed by atoms with van der Waals surface area (Å²) in [7, 11) is 0. The summed E-state index contributed by atoms with van der Waals surface area (Å²) in [6, 6.07) is 7.83. The summed E-state index contributed by atoms with van der Waals surface area (Å²) in [5.74, 6) is 0.797. The van der Waals surface area contributed by atoms with E-state index >= 15 is 0 Å². The Hall–Kier alpha value is -1.51. The maximum atomic E-state index is 11.5. The Labute approximate surface area is 103 Å². The number of ether oxygens (including phenoxy) is 1. The lowest BCUT2D eigenvalue weighted by molar-refractivity contribution is 0.147. The summed E-state index contributed by atoms with van der Waals surface area (Å²) in [5, 5.41) is 2.73. The van der Waals surface area contributed by atoms with Gasteiger partial charge in [0.05, 0.1) is 6.61 Å². The Morgan fingerprint density at radius 3 is 2.59 bits per heavy atom. The minimum absolute atomic E-state index is 0.350. The van der Waals surface area contributed by atoms with Gasteiger partial charge >= 0.3 is 6.09 Å². The van der Waals surface area contributed by atoms with E-state index in [0.717, 1.165) is 5.69 Å². The molecule has 17 heavy (non-hydrogen) atoms. The van der Waals surface area contributed by atoms with Crippen molar-refractivity contribution < 1.29 is 9.53 Å². The summed E-state index contributed by atoms with van der Waals surface area (Å²) in [5.41, 5.74) is 1.98. The van der Waals surface area contributed by atoms with Gasteiger partial charge in [0.15, 0.2) is 0 Å². The summed E-state index contributed by atoms with van der Waals surface area (Å²) >= 11 is 0. The van der Waals surface area contributed by atoms with Crippen LogP contribution in [0.1, 0.15) is 39.2 Å². The van der Waals surface area contributed by atoms with Crippen LogP contribution in [0.25, 0.3) is 0 Å². The molecule has 0 aliphatic carbocycles. The van der Waals surface area contributed by atoms with Crippen LogP contribution in [0.3, 0.4) is 0 Å². The van der Waals surface area contributed by atoms with Crippen LogP contribution in [0.5, 0.6) is 0 Å². The maximum absolute atomic E-state index is 11.5. The third kappa shape index (κ3) is 4.89. The molecule has 0 bridgehead atoms. The fraction of sp³-hybridized carbons (Fsp3) is 0.500. The molecule has 0 unspecified atom stereocenters. The second-order valence-corrected chi connectivity index (χ2v) is 4.90. The average molecular weight is 235 g/mol. The molecule has 0 spiro atoms. The highest BCUT2D eigenvalue weighted by Crippen LogP contribution is 2.18. The van der Waals surface area contributed by atoms with Crippen LogP contribution in [0.15, 0.2) is 24.3 Å². The summed E-state index contributed by atoms with van der Waals surface area (Å²) < 4.78 is 5.06. The van der Waals surface area contributed by atoms with E-state index in [2.05, 4.69) is 25.2 Å². The minimum Gasteiger partial charge on any atom is -0.449 e. The molecular formula is C14H21NO2. The van der Waals surface area contributed by atoms with Crippen LogP contribution in [0, 0.1) is 5.92 Å². The molecule has 0 aromatic heterocycles. The third-order valence-electron chi connectivity index (χ3n) is 2.35. The Bertz CT molecular complexity index is 372. The number of rotatable bonds is 4. The van der Waals surface area contributed by atoms with Crippen molar-refractivity contribution in [2.45, 2.75) is 33.6 Å². The third-order valence-corrected chi connectivity index (χ3v) is 2.35. The van der Waals surface area contributed by atoms with Gasteiger partial charge in [-0.2, -0.15) is 0 Å². The number of carbonyl (C=O) groups is 1. The lowest BCUT2D eigenvalue weighted by Gasteiger charge is -2.11. The number of nitrogens with one attached hydrogen (secondary N) is 1. The van der Waals surface area contributed by atoms with Crippen molar-refractivity contribution in [3.63, 3.8) is 0 Å². The van der Waals surface area contributed by atoms with E-state index in [9.17, 15) is 4.79 Å². The van der Waals surface area contributed by atoms with Gasteiger partial charge < -0.3 is 4.74 Å². The van der Waals surface area contributed by atoms with Crippen LogP contribution in [0.4, 0.5) is 10.5 Å². The highest BCUT2D eigenvalue weighted by Gasteiger charge is 2.06. The van der Waals surface area contributed by atoms with Gasteiger partial charge in [-0.25, -0.2) is 4.79 Å². The first-order valence-corrected chi connectivity index (χ1v) is 6.02. The van der Waals surface area contributed by atoms with Crippen molar-refractivity contribution in [2.75, 3.05) is 11.9 Å². The second-order valence-electron chi connectivity index (χ2n) is 4.90. The van der Waals surface area contributed by atoms with Crippen molar-refractivity contribution in [2.24, 2.45) is 5.92 Å². The summed E-state index contributed by atoms with van der Waals surface area (Å²) in [6.45, 7) is 8.70. The van der Waals surface area contributed by atoms with Crippen LogP contribution in [-0.2, 0) is 4.74 Å². The van der Waals surface area contributed by atoms with E-state index in [-0.39, 0.29) is 6.09 Å². The molecule has 94 valence electrons. The predicted octanol–water partition coefficient (Wildman–Crippen LogP) is 4.01.